The van der Waals surface area contributed by atoms with E-state index in [-0.39, 0.29) is 0 Å². The largest absolute Gasteiger partial charge is 0.330 e. The summed E-state index contributed by atoms with van der Waals surface area (Å²) in [7, 11) is 0. The topological polar surface area (TPSA) is 50.9 Å². The normalized spacial score (nSPS) is 23.2. The zero-order chi connectivity index (χ0) is 10.7. The quantitative estimate of drug-likeness (QED) is 0.816. The average molecular weight is 225 g/mol. The molecular weight excluding hydrogens is 206 g/mol. The van der Waals surface area contributed by atoms with Crippen molar-refractivity contribution in [1.82, 2.24) is 10.3 Å². The van der Waals surface area contributed by atoms with Gasteiger partial charge < -0.3 is 11.1 Å². The highest BCUT2D eigenvalue weighted by Crippen LogP contribution is 2.20. The summed E-state index contributed by atoms with van der Waals surface area (Å²) in [5, 5.41) is 6.91. The van der Waals surface area contributed by atoms with Crippen LogP contribution in [0.4, 0.5) is 0 Å². The summed E-state index contributed by atoms with van der Waals surface area (Å²) in [4.78, 5) is 4.64. The first-order valence-corrected chi connectivity index (χ1v) is 6.55. The number of hydrogen-bond donors (Lipinski definition) is 2. The molecule has 0 aromatic carbocycles. The minimum absolute atomic E-state index is 0.395. The van der Waals surface area contributed by atoms with Crippen LogP contribution in [0.2, 0.25) is 0 Å². The summed E-state index contributed by atoms with van der Waals surface area (Å²) in [6, 6.07) is 0.650. The number of hydrogen-bond acceptors (Lipinski definition) is 4. The third-order valence-corrected chi connectivity index (χ3v) is 3.90. The average Bonchev–Trinajstić information content (AvgIpc) is 2.88. The van der Waals surface area contributed by atoms with E-state index in [1.165, 1.54) is 24.4 Å². The molecule has 3 nitrogen and oxygen atoms in total. The Morgan fingerprint density at radius 1 is 1.73 bits per heavy atom. The Balaban J connectivity index is 1.94. The van der Waals surface area contributed by atoms with Gasteiger partial charge in [0, 0.05) is 30.3 Å². The lowest BCUT2D eigenvalue weighted by atomic mass is 10.1. The number of nitrogens with one attached hydrogen (secondary N) is 1. The minimum Gasteiger partial charge on any atom is -0.330 e. The van der Waals surface area contributed by atoms with Crippen LogP contribution in [0.3, 0.4) is 0 Å². The van der Waals surface area contributed by atoms with Gasteiger partial charge in [-0.25, -0.2) is 4.98 Å². The number of rotatable bonds is 4. The van der Waals surface area contributed by atoms with E-state index in [0.717, 1.165) is 12.1 Å². The van der Waals surface area contributed by atoms with Crippen LogP contribution in [-0.4, -0.2) is 24.1 Å². The first kappa shape index (κ1) is 11.0. The second-order valence-electron chi connectivity index (χ2n) is 4.30. The van der Waals surface area contributed by atoms with Crippen LogP contribution in [0.15, 0.2) is 5.38 Å². The second kappa shape index (κ2) is 5.05. The molecule has 1 aromatic heterocycles. The van der Waals surface area contributed by atoms with Crippen molar-refractivity contribution in [2.75, 3.05) is 13.1 Å². The summed E-state index contributed by atoms with van der Waals surface area (Å²) in [5.74, 6) is 0.395. The fourth-order valence-corrected chi connectivity index (χ4v) is 2.90. The summed E-state index contributed by atoms with van der Waals surface area (Å²) in [5.41, 5.74) is 6.79. The third kappa shape index (κ3) is 2.77. The van der Waals surface area contributed by atoms with Gasteiger partial charge in [0.2, 0.25) is 0 Å². The lowest BCUT2D eigenvalue weighted by Crippen LogP contribution is -2.23. The van der Waals surface area contributed by atoms with Gasteiger partial charge in [0.05, 0.1) is 10.7 Å². The maximum atomic E-state index is 5.63. The van der Waals surface area contributed by atoms with E-state index in [1.807, 2.05) is 0 Å². The van der Waals surface area contributed by atoms with Gasteiger partial charge >= 0.3 is 0 Å². The highest BCUT2D eigenvalue weighted by atomic mass is 32.1. The van der Waals surface area contributed by atoms with Crippen molar-refractivity contribution in [3.63, 3.8) is 0 Å². The van der Waals surface area contributed by atoms with Gasteiger partial charge in [-0.1, -0.05) is 6.92 Å². The van der Waals surface area contributed by atoms with E-state index < -0.39 is 0 Å². The van der Waals surface area contributed by atoms with Crippen molar-refractivity contribution in [1.29, 1.82) is 0 Å². The fraction of sp³-hybridized carbons (Fsp3) is 0.727. The molecule has 1 fully saturated rings. The predicted octanol–water partition coefficient (Wildman–Crippen LogP) is 1.50. The first-order chi connectivity index (χ1) is 7.29. The Kier molecular flexibility index (Phi) is 3.72. The van der Waals surface area contributed by atoms with E-state index in [1.54, 1.807) is 11.3 Å². The summed E-state index contributed by atoms with van der Waals surface area (Å²) in [6.07, 6.45) is 3.69. The summed E-state index contributed by atoms with van der Waals surface area (Å²) in [6.45, 7) is 3.99. The molecule has 1 aromatic rings. The van der Waals surface area contributed by atoms with E-state index >= 15 is 0 Å². The van der Waals surface area contributed by atoms with Gasteiger partial charge in [0.1, 0.15) is 0 Å². The molecule has 0 amide bonds. The zero-order valence-corrected chi connectivity index (χ0v) is 10.0. The monoisotopic (exact) mass is 225 g/mol. The van der Waals surface area contributed by atoms with E-state index in [2.05, 4.69) is 22.6 Å². The van der Waals surface area contributed by atoms with Gasteiger partial charge in [-0.05, 0) is 19.4 Å². The highest BCUT2D eigenvalue weighted by Gasteiger charge is 2.16. The molecule has 2 atom stereocenters. The fourth-order valence-electron chi connectivity index (χ4n) is 1.91. The summed E-state index contributed by atoms with van der Waals surface area (Å²) >= 11 is 1.77. The minimum atomic E-state index is 0.395. The molecule has 2 rings (SSSR count). The van der Waals surface area contributed by atoms with Crippen molar-refractivity contribution in [3.8, 4) is 0 Å². The third-order valence-electron chi connectivity index (χ3n) is 3.01. The number of nitrogens with two attached hydrogens (primary N) is 1. The maximum absolute atomic E-state index is 5.63. The molecule has 84 valence electrons. The predicted molar refractivity (Wildman–Crippen MR) is 64.3 cm³/mol. The molecule has 0 aliphatic carbocycles. The second-order valence-corrected chi connectivity index (χ2v) is 5.24. The van der Waals surface area contributed by atoms with Crippen LogP contribution in [-0.2, 0) is 6.42 Å². The molecule has 2 heterocycles. The van der Waals surface area contributed by atoms with Crippen molar-refractivity contribution in [2.24, 2.45) is 5.73 Å². The van der Waals surface area contributed by atoms with Crippen molar-refractivity contribution >= 4 is 11.3 Å². The standard InChI is InChI=1S/C11H19N3S/c1-8(6-12)10-7-15-11(14-10)5-9-3-2-4-13-9/h7-9,13H,2-6,12H2,1H3. The van der Waals surface area contributed by atoms with Crippen LogP contribution in [0.1, 0.15) is 36.4 Å². The SMILES string of the molecule is CC(CN)c1csc(CC2CCCN2)n1. The van der Waals surface area contributed by atoms with E-state index in [9.17, 15) is 0 Å². The molecule has 0 spiro atoms. The maximum Gasteiger partial charge on any atom is 0.0943 e. The first-order valence-electron chi connectivity index (χ1n) is 5.67. The van der Waals surface area contributed by atoms with Gasteiger partial charge in [-0.3, -0.25) is 0 Å². The Morgan fingerprint density at radius 2 is 2.60 bits per heavy atom. The molecule has 0 radical (unpaired) electrons. The molecular formula is C11H19N3S. The molecule has 15 heavy (non-hydrogen) atoms. The Labute approximate surface area is 95.1 Å². The van der Waals surface area contributed by atoms with Crippen LogP contribution < -0.4 is 11.1 Å². The summed E-state index contributed by atoms with van der Waals surface area (Å²) < 4.78 is 0. The van der Waals surface area contributed by atoms with Crippen LogP contribution in [0, 0.1) is 0 Å². The zero-order valence-electron chi connectivity index (χ0n) is 9.20. The number of aromatic nitrogens is 1. The van der Waals surface area contributed by atoms with E-state index in [4.69, 9.17) is 5.73 Å². The van der Waals surface area contributed by atoms with Crippen molar-refractivity contribution in [2.45, 2.75) is 38.1 Å². The number of nitrogens with zero attached hydrogens (tertiary/aromatic N) is 1. The van der Waals surface area contributed by atoms with Crippen molar-refractivity contribution in [3.05, 3.63) is 16.1 Å². The van der Waals surface area contributed by atoms with E-state index in [0.29, 0.717) is 18.5 Å². The molecule has 3 N–H and O–H groups in total. The van der Waals surface area contributed by atoms with Crippen molar-refractivity contribution < 1.29 is 0 Å². The highest BCUT2D eigenvalue weighted by molar-refractivity contribution is 7.09. The molecule has 0 bridgehead atoms. The van der Waals surface area contributed by atoms with Crippen LogP contribution >= 0.6 is 11.3 Å². The molecule has 1 saturated heterocycles. The molecule has 4 heteroatoms. The lowest BCUT2D eigenvalue weighted by molar-refractivity contribution is 0.599. The molecule has 1 aliphatic rings. The smallest absolute Gasteiger partial charge is 0.0943 e. The van der Waals surface area contributed by atoms with Gasteiger partial charge in [0.15, 0.2) is 0 Å². The molecule has 1 aliphatic heterocycles. The molecule has 2 unspecified atom stereocenters. The molecule has 0 saturated carbocycles. The van der Waals surface area contributed by atoms with Gasteiger partial charge in [0.25, 0.3) is 0 Å². The van der Waals surface area contributed by atoms with Gasteiger partial charge in [-0.2, -0.15) is 0 Å². The number of thiazole rings is 1. The Bertz CT molecular complexity index is 305. The lowest BCUT2D eigenvalue weighted by Gasteiger charge is -2.07. The Hall–Kier alpha value is -0.450. The van der Waals surface area contributed by atoms with Crippen LogP contribution in [0.25, 0.3) is 0 Å². The van der Waals surface area contributed by atoms with Crippen LogP contribution in [0.5, 0.6) is 0 Å². The Morgan fingerprint density at radius 3 is 3.27 bits per heavy atom. The van der Waals surface area contributed by atoms with Gasteiger partial charge in [-0.15, -0.1) is 11.3 Å².